The van der Waals surface area contributed by atoms with E-state index in [0.29, 0.717) is 6.61 Å². The largest absolute Gasteiger partial charge is 0.396 e. The topological polar surface area (TPSA) is 32.3 Å². The zero-order valence-corrected chi connectivity index (χ0v) is 9.97. The number of aliphatic hydroxyl groups excluding tert-OH is 1. The van der Waals surface area contributed by atoms with Gasteiger partial charge >= 0.3 is 0 Å². The predicted octanol–water partition coefficient (Wildman–Crippen LogP) is 2.32. The standard InChI is InChI=1S/C13H25NO/c1-2-11-3-5-12(6-4-11)14-9-13(10-15)7-8-13/h11-12,14-15H,2-10H2,1H3. The van der Waals surface area contributed by atoms with Crippen molar-refractivity contribution in [2.45, 2.75) is 57.9 Å². The molecule has 2 fully saturated rings. The van der Waals surface area contributed by atoms with Crippen molar-refractivity contribution in [2.24, 2.45) is 11.3 Å². The molecule has 0 aliphatic heterocycles. The van der Waals surface area contributed by atoms with Crippen LogP contribution in [0.2, 0.25) is 0 Å². The third-order valence-corrected chi connectivity index (χ3v) is 4.48. The Hall–Kier alpha value is -0.0800. The van der Waals surface area contributed by atoms with Crippen LogP contribution in [0.4, 0.5) is 0 Å². The summed E-state index contributed by atoms with van der Waals surface area (Å²) in [5.41, 5.74) is 0.279. The van der Waals surface area contributed by atoms with E-state index in [0.717, 1.165) is 18.5 Å². The average molecular weight is 211 g/mol. The van der Waals surface area contributed by atoms with Crippen LogP contribution in [0.25, 0.3) is 0 Å². The Morgan fingerprint density at radius 3 is 2.33 bits per heavy atom. The van der Waals surface area contributed by atoms with Crippen LogP contribution in [-0.4, -0.2) is 24.3 Å². The molecule has 0 saturated heterocycles. The van der Waals surface area contributed by atoms with Gasteiger partial charge in [0.2, 0.25) is 0 Å². The molecule has 0 unspecified atom stereocenters. The summed E-state index contributed by atoms with van der Waals surface area (Å²) in [6, 6.07) is 0.733. The molecule has 2 saturated carbocycles. The molecule has 0 heterocycles. The number of hydrogen-bond acceptors (Lipinski definition) is 2. The molecule has 2 aliphatic rings. The van der Waals surface area contributed by atoms with Gasteiger partial charge in [0.1, 0.15) is 0 Å². The Kier molecular flexibility index (Phi) is 3.68. The van der Waals surface area contributed by atoms with Crippen molar-refractivity contribution in [1.29, 1.82) is 0 Å². The molecule has 15 heavy (non-hydrogen) atoms. The molecule has 0 aromatic rings. The number of hydrogen-bond donors (Lipinski definition) is 2. The fraction of sp³-hybridized carbons (Fsp3) is 1.00. The second-order valence-electron chi connectivity index (χ2n) is 5.66. The van der Waals surface area contributed by atoms with E-state index in [-0.39, 0.29) is 5.41 Å². The van der Waals surface area contributed by atoms with Gasteiger partial charge in [-0.25, -0.2) is 0 Å². The maximum absolute atomic E-state index is 9.23. The van der Waals surface area contributed by atoms with E-state index in [1.807, 2.05) is 0 Å². The Bertz CT molecular complexity index is 193. The predicted molar refractivity (Wildman–Crippen MR) is 62.8 cm³/mol. The quantitative estimate of drug-likeness (QED) is 0.731. The van der Waals surface area contributed by atoms with E-state index in [2.05, 4.69) is 12.2 Å². The van der Waals surface area contributed by atoms with E-state index < -0.39 is 0 Å². The van der Waals surface area contributed by atoms with Crippen LogP contribution in [-0.2, 0) is 0 Å². The number of nitrogens with one attached hydrogen (secondary N) is 1. The van der Waals surface area contributed by atoms with E-state index in [4.69, 9.17) is 0 Å². The van der Waals surface area contributed by atoms with Gasteiger partial charge in [-0.2, -0.15) is 0 Å². The van der Waals surface area contributed by atoms with E-state index in [9.17, 15) is 5.11 Å². The van der Waals surface area contributed by atoms with Gasteiger partial charge in [-0.3, -0.25) is 0 Å². The molecular weight excluding hydrogens is 186 g/mol. The first-order valence-corrected chi connectivity index (χ1v) is 6.62. The summed E-state index contributed by atoms with van der Waals surface area (Å²) in [4.78, 5) is 0. The van der Waals surface area contributed by atoms with Crippen LogP contribution >= 0.6 is 0 Å². The molecule has 0 bridgehead atoms. The van der Waals surface area contributed by atoms with Crippen LogP contribution in [0, 0.1) is 11.3 Å². The van der Waals surface area contributed by atoms with Crippen molar-refractivity contribution in [3.63, 3.8) is 0 Å². The molecule has 2 heteroatoms. The highest BCUT2D eigenvalue weighted by atomic mass is 16.3. The summed E-state index contributed by atoms with van der Waals surface area (Å²) in [5, 5.41) is 12.9. The molecule has 0 spiro atoms. The summed E-state index contributed by atoms with van der Waals surface area (Å²) in [6.07, 6.45) is 9.30. The average Bonchev–Trinajstić information content (AvgIpc) is 3.08. The Morgan fingerprint density at radius 2 is 1.87 bits per heavy atom. The zero-order chi connectivity index (χ0) is 10.7. The van der Waals surface area contributed by atoms with Gasteiger partial charge in [0.25, 0.3) is 0 Å². The van der Waals surface area contributed by atoms with Gasteiger partial charge in [0.15, 0.2) is 0 Å². The van der Waals surface area contributed by atoms with Crippen molar-refractivity contribution in [3.8, 4) is 0 Å². The Labute approximate surface area is 93.5 Å². The van der Waals surface area contributed by atoms with E-state index in [1.165, 1.54) is 44.9 Å². The fourth-order valence-electron chi connectivity index (χ4n) is 2.70. The minimum absolute atomic E-state index is 0.279. The van der Waals surface area contributed by atoms with Crippen LogP contribution in [0.1, 0.15) is 51.9 Å². The molecule has 2 nitrogen and oxygen atoms in total. The SMILES string of the molecule is CCC1CCC(NCC2(CO)CC2)CC1. The minimum Gasteiger partial charge on any atom is -0.396 e. The van der Waals surface area contributed by atoms with Crippen molar-refractivity contribution in [3.05, 3.63) is 0 Å². The van der Waals surface area contributed by atoms with Gasteiger partial charge in [-0.15, -0.1) is 0 Å². The third kappa shape index (κ3) is 2.94. The molecule has 0 atom stereocenters. The molecule has 0 aromatic carbocycles. The first-order chi connectivity index (χ1) is 7.28. The highest BCUT2D eigenvalue weighted by Gasteiger charge is 2.41. The molecule has 2 aliphatic carbocycles. The van der Waals surface area contributed by atoms with Crippen molar-refractivity contribution < 1.29 is 5.11 Å². The second kappa shape index (κ2) is 4.84. The molecule has 0 radical (unpaired) electrons. The van der Waals surface area contributed by atoms with Crippen LogP contribution in [0.5, 0.6) is 0 Å². The summed E-state index contributed by atoms with van der Waals surface area (Å²) in [5.74, 6) is 0.982. The minimum atomic E-state index is 0.279. The Balaban J connectivity index is 1.64. The highest BCUT2D eigenvalue weighted by molar-refractivity contribution is 4.95. The molecule has 0 aromatic heterocycles. The molecule has 2 rings (SSSR count). The number of aliphatic hydroxyl groups is 1. The first kappa shape index (κ1) is 11.4. The van der Waals surface area contributed by atoms with Gasteiger partial charge in [-0.05, 0) is 44.4 Å². The fourth-order valence-corrected chi connectivity index (χ4v) is 2.70. The third-order valence-electron chi connectivity index (χ3n) is 4.48. The van der Waals surface area contributed by atoms with Gasteiger partial charge < -0.3 is 10.4 Å². The monoisotopic (exact) mass is 211 g/mol. The lowest BCUT2D eigenvalue weighted by Crippen LogP contribution is -2.37. The molecular formula is C13H25NO. The van der Waals surface area contributed by atoms with Gasteiger partial charge in [-0.1, -0.05) is 13.3 Å². The number of rotatable bonds is 5. The zero-order valence-electron chi connectivity index (χ0n) is 9.97. The van der Waals surface area contributed by atoms with Crippen LogP contribution < -0.4 is 5.32 Å². The molecule has 2 N–H and O–H groups in total. The lowest BCUT2D eigenvalue weighted by Gasteiger charge is -2.29. The maximum Gasteiger partial charge on any atom is 0.0499 e. The summed E-state index contributed by atoms with van der Waals surface area (Å²) in [7, 11) is 0. The van der Waals surface area contributed by atoms with Crippen LogP contribution in [0.15, 0.2) is 0 Å². The van der Waals surface area contributed by atoms with E-state index >= 15 is 0 Å². The lowest BCUT2D eigenvalue weighted by molar-refractivity contribution is 0.195. The summed E-state index contributed by atoms with van der Waals surface area (Å²) in [6.45, 7) is 3.73. The van der Waals surface area contributed by atoms with Crippen molar-refractivity contribution in [1.82, 2.24) is 5.32 Å². The summed E-state index contributed by atoms with van der Waals surface area (Å²) < 4.78 is 0. The lowest BCUT2D eigenvalue weighted by atomic mass is 9.84. The maximum atomic E-state index is 9.23. The van der Waals surface area contributed by atoms with Crippen molar-refractivity contribution >= 4 is 0 Å². The van der Waals surface area contributed by atoms with Crippen LogP contribution in [0.3, 0.4) is 0 Å². The Morgan fingerprint density at radius 1 is 1.20 bits per heavy atom. The van der Waals surface area contributed by atoms with Gasteiger partial charge in [0, 0.05) is 24.6 Å². The first-order valence-electron chi connectivity index (χ1n) is 6.62. The normalized spacial score (nSPS) is 34.0. The summed E-state index contributed by atoms with van der Waals surface area (Å²) >= 11 is 0. The highest BCUT2D eigenvalue weighted by Crippen LogP contribution is 2.44. The second-order valence-corrected chi connectivity index (χ2v) is 5.66. The van der Waals surface area contributed by atoms with E-state index in [1.54, 1.807) is 0 Å². The molecule has 0 amide bonds. The van der Waals surface area contributed by atoms with Gasteiger partial charge in [0.05, 0.1) is 0 Å². The van der Waals surface area contributed by atoms with Crippen molar-refractivity contribution in [2.75, 3.05) is 13.2 Å². The molecule has 88 valence electrons. The smallest absolute Gasteiger partial charge is 0.0499 e.